The van der Waals surface area contributed by atoms with E-state index < -0.39 is 36.7 Å². The van der Waals surface area contributed by atoms with Gasteiger partial charge in [0.05, 0.1) is 12.2 Å². The van der Waals surface area contributed by atoms with E-state index in [0.717, 1.165) is 5.56 Å². The van der Waals surface area contributed by atoms with Crippen LogP contribution in [0.25, 0.3) is 0 Å². The summed E-state index contributed by atoms with van der Waals surface area (Å²) in [5.74, 6) is -0.0275. The molecule has 0 saturated carbocycles. The normalized spacial score (nSPS) is 25.6. The van der Waals surface area contributed by atoms with Crippen LogP contribution in [0.15, 0.2) is 67.3 Å². The molecule has 0 radical (unpaired) electrons. The first kappa shape index (κ1) is 22.9. The third-order valence-electron chi connectivity index (χ3n) is 4.76. The number of benzene rings is 2. The molecule has 1 saturated heterocycles. The van der Waals surface area contributed by atoms with Gasteiger partial charge in [0.2, 0.25) is 0 Å². The molecule has 31 heavy (non-hydrogen) atoms. The van der Waals surface area contributed by atoms with E-state index in [0.29, 0.717) is 12.4 Å². The number of aliphatic hydroxyl groups excluding tert-OH is 3. The zero-order valence-corrected chi connectivity index (χ0v) is 16.9. The number of rotatable bonds is 9. The second-order valence-corrected chi connectivity index (χ2v) is 7.03. The molecule has 1 aliphatic rings. The molecule has 0 unspecified atom stereocenters. The minimum Gasteiger partial charge on any atom is -0.489 e. The lowest BCUT2D eigenvalue weighted by Gasteiger charge is -2.39. The first-order valence-corrected chi connectivity index (χ1v) is 9.85. The van der Waals surface area contributed by atoms with E-state index in [9.17, 15) is 20.1 Å². The van der Waals surface area contributed by atoms with Crippen LogP contribution >= 0.6 is 0 Å². The molecule has 2 aromatic rings. The summed E-state index contributed by atoms with van der Waals surface area (Å²) >= 11 is 0. The molecule has 0 aromatic heterocycles. The molecule has 0 amide bonds. The van der Waals surface area contributed by atoms with Gasteiger partial charge in [-0.1, -0.05) is 36.4 Å². The predicted octanol–water partition coefficient (Wildman–Crippen LogP) is 1.43. The number of esters is 1. The van der Waals surface area contributed by atoms with E-state index in [4.69, 9.17) is 18.9 Å². The Hall–Kier alpha value is -2.75. The summed E-state index contributed by atoms with van der Waals surface area (Å²) in [7, 11) is 0. The Morgan fingerprint density at radius 2 is 1.71 bits per heavy atom. The van der Waals surface area contributed by atoms with Crippen molar-refractivity contribution in [3.8, 4) is 5.75 Å². The fraction of sp³-hybridized carbons (Fsp3) is 0.348. The van der Waals surface area contributed by atoms with Crippen LogP contribution in [0.1, 0.15) is 15.9 Å². The first-order valence-electron chi connectivity index (χ1n) is 9.85. The van der Waals surface area contributed by atoms with Gasteiger partial charge in [-0.25, -0.2) is 4.79 Å². The molecule has 3 N–H and O–H groups in total. The van der Waals surface area contributed by atoms with E-state index in [1.54, 1.807) is 24.3 Å². The maximum Gasteiger partial charge on any atom is 0.338 e. The van der Waals surface area contributed by atoms with E-state index in [1.165, 1.54) is 6.08 Å². The van der Waals surface area contributed by atoms with Crippen LogP contribution in [0.2, 0.25) is 0 Å². The Morgan fingerprint density at radius 1 is 1.00 bits per heavy atom. The van der Waals surface area contributed by atoms with Crippen LogP contribution < -0.4 is 4.74 Å². The summed E-state index contributed by atoms with van der Waals surface area (Å²) in [5, 5.41) is 30.0. The molecular formula is C23H26O8. The van der Waals surface area contributed by atoms with Gasteiger partial charge in [0, 0.05) is 0 Å². The summed E-state index contributed by atoms with van der Waals surface area (Å²) in [6, 6.07) is 16.1. The summed E-state index contributed by atoms with van der Waals surface area (Å²) in [6.45, 7) is 3.65. The highest BCUT2D eigenvalue weighted by Gasteiger charge is 2.44. The van der Waals surface area contributed by atoms with Crippen LogP contribution in [-0.2, 0) is 20.8 Å². The molecule has 8 nitrogen and oxygen atoms in total. The Kier molecular flexibility index (Phi) is 8.16. The summed E-state index contributed by atoms with van der Waals surface area (Å²) in [5.41, 5.74) is 1.32. The summed E-state index contributed by atoms with van der Waals surface area (Å²) in [4.78, 5) is 12.3. The van der Waals surface area contributed by atoms with Crippen LogP contribution in [0.5, 0.6) is 5.75 Å². The van der Waals surface area contributed by atoms with Gasteiger partial charge in [0.25, 0.3) is 0 Å². The van der Waals surface area contributed by atoms with Gasteiger partial charge in [0.1, 0.15) is 43.4 Å². The van der Waals surface area contributed by atoms with Crippen molar-refractivity contribution < 1.29 is 39.1 Å². The SMILES string of the molecule is C=CCO[C@@H]1O[C@H](COC(=O)c2ccc(OCc3ccccc3)cc2)[C@@H](O)[C@H](O)[C@H]1O. The molecule has 1 heterocycles. The van der Waals surface area contributed by atoms with Crippen molar-refractivity contribution in [1.29, 1.82) is 0 Å². The Bertz CT molecular complexity index is 838. The van der Waals surface area contributed by atoms with Gasteiger partial charge < -0.3 is 34.3 Å². The Labute approximate surface area is 180 Å². The van der Waals surface area contributed by atoms with Gasteiger partial charge >= 0.3 is 5.97 Å². The number of hydrogen-bond donors (Lipinski definition) is 3. The lowest BCUT2D eigenvalue weighted by atomic mass is 9.99. The molecular weight excluding hydrogens is 404 g/mol. The van der Waals surface area contributed by atoms with E-state index in [-0.39, 0.29) is 18.8 Å². The van der Waals surface area contributed by atoms with E-state index in [2.05, 4.69) is 6.58 Å². The van der Waals surface area contributed by atoms with Crippen LogP contribution in [0, 0.1) is 0 Å². The molecule has 0 spiro atoms. The Morgan fingerprint density at radius 3 is 2.39 bits per heavy atom. The standard InChI is InChI=1S/C23H26O8/c1-2-12-28-23-21(26)20(25)19(24)18(31-23)14-30-22(27)16-8-10-17(11-9-16)29-13-15-6-4-3-5-7-15/h2-11,18-21,23-26H,1,12-14H2/t18-,19-,20+,21-,23-/m1/s1. The van der Waals surface area contributed by atoms with Gasteiger partial charge in [-0.3, -0.25) is 0 Å². The van der Waals surface area contributed by atoms with Crippen molar-refractivity contribution in [2.75, 3.05) is 13.2 Å². The monoisotopic (exact) mass is 430 g/mol. The smallest absolute Gasteiger partial charge is 0.338 e. The molecule has 1 fully saturated rings. The van der Waals surface area contributed by atoms with Crippen LogP contribution in [0.3, 0.4) is 0 Å². The highest BCUT2D eigenvalue weighted by atomic mass is 16.7. The molecule has 0 aliphatic carbocycles. The average molecular weight is 430 g/mol. The Balaban J connectivity index is 1.51. The molecule has 3 rings (SSSR count). The topological polar surface area (TPSA) is 115 Å². The first-order chi connectivity index (χ1) is 15.0. The van der Waals surface area contributed by atoms with Crippen molar-refractivity contribution in [3.05, 3.63) is 78.4 Å². The highest BCUT2D eigenvalue weighted by molar-refractivity contribution is 5.89. The zero-order valence-electron chi connectivity index (χ0n) is 16.9. The molecule has 2 aromatic carbocycles. The minimum atomic E-state index is -1.51. The number of carbonyl (C=O) groups is 1. The quantitative estimate of drug-likeness (QED) is 0.404. The highest BCUT2D eigenvalue weighted by Crippen LogP contribution is 2.23. The lowest BCUT2D eigenvalue weighted by Crippen LogP contribution is -2.59. The van der Waals surface area contributed by atoms with Crippen LogP contribution in [-0.4, -0.2) is 65.2 Å². The third-order valence-corrected chi connectivity index (χ3v) is 4.76. The number of aliphatic hydroxyl groups is 3. The van der Waals surface area contributed by atoms with Crippen LogP contribution in [0.4, 0.5) is 0 Å². The molecule has 166 valence electrons. The van der Waals surface area contributed by atoms with Gasteiger partial charge in [-0.15, -0.1) is 6.58 Å². The van der Waals surface area contributed by atoms with Crippen molar-refractivity contribution in [3.63, 3.8) is 0 Å². The maximum absolute atomic E-state index is 12.3. The lowest BCUT2D eigenvalue weighted by molar-refractivity contribution is -0.298. The maximum atomic E-state index is 12.3. The van der Waals surface area contributed by atoms with Crippen molar-refractivity contribution in [2.45, 2.75) is 37.3 Å². The largest absolute Gasteiger partial charge is 0.489 e. The van der Waals surface area contributed by atoms with Crippen molar-refractivity contribution in [1.82, 2.24) is 0 Å². The fourth-order valence-corrected chi connectivity index (χ4v) is 3.02. The molecule has 5 atom stereocenters. The number of ether oxygens (including phenoxy) is 4. The average Bonchev–Trinajstić information content (AvgIpc) is 2.81. The van der Waals surface area contributed by atoms with Gasteiger partial charge in [-0.05, 0) is 29.8 Å². The predicted molar refractivity (Wildman–Crippen MR) is 110 cm³/mol. The summed E-state index contributed by atoms with van der Waals surface area (Å²) in [6.07, 6.45) is -5.18. The van der Waals surface area contributed by atoms with E-state index >= 15 is 0 Å². The second-order valence-electron chi connectivity index (χ2n) is 7.03. The molecule has 1 aliphatic heterocycles. The number of carbonyl (C=O) groups excluding carboxylic acids is 1. The second kappa shape index (κ2) is 11.0. The van der Waals surface area contributed by atoms with Gasteiger partial charge in [-0.2, -0.15) is 0 Å². The molecule has 0 bridgehead atoms. The third kappa shape index (κ3) is 6.13. The van der Waals surface area contributed by atoms with Gasteiger partial charge in [0.15, 0.2) is 6.29 Å². The minimum absolute atomic E-state index is 0.0791. The van der Waals surface area contributed by atoms with Crippen molar-refractivity contribution >= 4 is 5.97 Å². The summed E-state index contributed by atoms with van der Waals surface area (Å²) < 4.78 is 21.6. The van der Waals surface area contributed by atoms with E-state index in [1.807, 2.05) is 30.3 Å². The van der Waals surface area contributed by atoms with Crippen molar-refractivity contribution in [2.24, 2.45) is 0 Å². The number of hydrogen-bond acceptors (Lipinski definition) is 8. The zero-order chi connectivity index (χ0) is 22.2. The fourth-order valence-electron chi connectivity index (χ4n) is 3.02. The molecule has 8 heteroatoms.